The van der Waals surface area contributed by atoms with Crippen LogP contribution in [-0.2, 0) is 18.6 Å². The largest absolute Gasteiger partial charge is 0.269 e. The highest BCUT2D eigenvalue weighted by molar-refractivity contribution is 7.98. The summed E-state index contributed by atoms with van der Waals surface area (Å²) in [6, 6.07) is 15.0. The Labute approximate surface area is 203 Å². The highest BCUT2D eigenvalue weighted by Crippen LogP contribution is 2.35. The second kappa shape index (κ2) is 8.52. The Morgan fingerprint density at radius 3 is 2.71 bits per heavy atom. The number of para-hydroxylation sites is 1. The molecule has 0 atom stereocenters. The minimum atomic E-state index is -0.112. The predicted octanol–water partition coefficient (Wildman–Crippen LogP) is 4.93. The second-order valence-electron chi connectivity index (χ2n) is 8.57. The molecule has 0 radical (unpaired) electrons. The normalized spacial score (nSPS) is 13.4. The Hall–Kier alpha value is -3.23. The lowest BCUT2D eigenvalue weighted by Crippen LogP contribution is -2.22. The first-order chi connectivity index (χ1) is 16.6. The van der Waals surface area contributed by atoms with Crippen LogP contribution >= 0.6 is 23.1 Å². The Kier molecular flexibility index (Phi) is 5.34. The molecule has 170 valence electrons. The molecule has 8 heteroatoms. The first kappa shape index (κ1) is 21.3. The highest BCUT2D eigenvalue weighted by atomic mass is 32.2. The summed E-state index contributed by atoms with van der Waals surface area (Å²) in [5, 5.41) is 1.39. The van der Waals surface area contributed by atoms with E-state index in [-0.39, 0.29) is 11.1 Å². The third-order valence-corrected chi connectivity index (χ3v) is 8.34. The van der Waals surface area contributed by atoms with Crippen molar-refractivity contribution in [2.45, 2.75) is 43.5 Å². The van der Waals surface area contributed by atoms with Crippen molar-refractivity contribution in [2.24, 2.45) is 0 Å². The molecule has 6 nitrogen and oxygen atoms in total. The zero-order chi connectivity index (χ0) is 23.2. The Morgan fingerprint density at radius 2 is 1.85 bits per heavy atom. The third kappa shape index (κ3) is 3.67. The highest BCUT2D eigenvalue weighted by Gasteiger charge is 2.23. The van der Waals surface area contributed by atoms with E-state index in [0.717, 1.165) is 47.2 Å². The second-order valence-corrected chi connectivity index (χ2v) is 10.6. The van der Waals surface area contributed by atoms with Gasteiger partial charge >= 0.3 is 0 Å². The van der Waals surface area contributed by atoms with Crippen LogP contribution in [0.5, 0.6) is 0 Å². The summed E-state index contributed by atoms with van der Waals surface area (Å²) in [5.74, 6) is 0.440. The SMILES string of the molecule is Cc1ccc2nc(CSc3nc4sc5c(c4c(=O)n3-c3ccccc3)CCCC5)cc(=O)n2c1. The molecule has 1 aliphatic rings. The molecule has 0 bridgehead atoms. The number of thioether (sulfide) groups is 1. The fourth-order valence-corrected chi connectivity index (χ4v) is 6.77. The summed E-state index contributed by atoms with van der Waals surface area (Å²) >= 11 is 3.09. The molecule has 0 saturated carbocycles. The van der Waals surface area contributed by atoms with Crippen LogP contribution < -0.4 is 11.1 Å². The molecule has 0 N–H and O–H groups in total. The van der Waals surface area contributed by atoms with Gasteiger partial charge in [0.15, 0.2) is 5.16 Å². The van der Waals surface area contributed by atoms with Crippen molar-refractivity contribution in [3.8, 4) is 5.69 Å². The van der Waals surface area contributed by atoms with Crippen molar-refractivity contribution in [1.82, 2.24) is 18.9 Å². The van der Waals surface area contributed by atoms with E-state index in [1.54, 1.807) is 32.6 Å². The molecule has 6 rings (SSSR count). The summed E-state index contributed by atoms with van der Waals surface area (Å²) in [6.45, 7) is 1.95. The summed E-state index contributed by atoms with van der Waals surface area (Å²) in [6.07, 6.45) is 6.04. The lowest BCUT2D eigenvalue weighted by Gasteiger charge is -2.13. The molecule has 0 fully saturated rings. The van der Waals surface area contributed by atoms with Crippen LogP contribution in [0.15, 0.2) is 69.5 Å². The Balaban J connectivity index is 1.46. The molecular weight excluding hydrogens is 464 g/mol. The van der Waals surface area contributed by atoms with Crippen LogP contribution in [-0.4, -0.2) is 18.9 Å². The van der Waals surface area contributed by atoms with E-state index in [1.807, 2.05) is 49.4 Å². The van der Waals surface area contributed by atoms with Crippen LogP contribution in [0.3, 0.4) is 0 Å². The molecule has 4 aromatic heterocycles. The first-order valence-electron chi connectivity index (χ1n) is 11.3. The first-order valence-corrected chi connectivity index (χ1v) is 13.1. The number of rotatable bonds is 4. The number of aromatic nitrogens is 4. The molecule has 4 heterocycles. The van der Waals surface area contributed by atoms with Crippen molar-refractivity contribution in [1.29, 1.82) is 0 Å². The smallest absolute Gasteiger partial charge is 0.267 e. The predicted molar refractivity (Wildman–Crippen MR) is 138 cm³/mol. The van der Waals surface area contributed by atoms with E-state index in [1.165, 1.54) is 22.2 Å². The number of benzene rings is 1. The van der Waals surface area contributed by atoms with Gasteiger partial charge in [-0.05, 0) is 61.9 Å². The van der Waals surface area contributed by atoms with Gasteiger partial charge in [-0.15, -0.1) is 11.3 Å². The monoisotopic (exact) mass is 486 g/mol. The molecule has 1 aromatic carbocycles. The molecule has 0 spiro atoms. The fourth-order valence-electron chi connectivity index (χ4n) is 4.56. The Bertz CT molecular complexity index is 1670. The van der Waals surface area contributed by atoms with Crippen LogP contribution in [0.25, 0.3) is 21.6 Å². The van der Waals surface area contributed by atoms with Gasteiger partial charge in [0.2, 0.25) is 0 Å². The van der Waals surface area contributed by atoms with Crippen molar-refractivity contribution < 1.29 is 0 Å². The number of nitrogens with zero attached hydrogens (tertiary/aromatic N) is 4. The lowest BCUT2D eigenvalue weighted by atomic mass is 9.97. The number of fused-ring (bicyclic) bond motifs is 4. The van der Waals surface area contributed by atoms with Gasteiger partial charge in [0.05, 0.1) is 16.8 Å². The molecule has 0 aliphatic heterocycles. The summed E-state index contributed by atoms with van der Waals surface area (Å²) < 4.78 is 3.27. The average Bonchev–Trinajstić information content (AvgIpc) is 3.22. The molecule has 0 amide bonds. The van der Waals surface area contributed by atoms with Crippen LogP contribution in [0.1, 0.15) is 34.5 Å². The van der Waals surface area contributed by atoms with Gasteiger partial charge in [0, 0.05) is 22.9 Å². The van der Waals surface area contributed by atoms with E-state index in [4.69, 9.17) is 4.98 Å². The molecular formula is C26H22N4O2S2. The number of hydrogen-bond donors (Lipinski definition) is 0. The topological polar surface area (TPSA) is 69.3 Å². The minimum Gasteiger partial charge on any atom is -0.269 e. The van der Waals surface area contributed by atoms with Crippen molar-refractivity contribution >= 4 is 39.0 Å². The number of thiophene rings is 1. The van der Waals surface area contributed by atoms with Gasteiger partial charge in [-0.3, -0.25) is 18.6 Å². The van der Waals surface area contributed by atoms with E-state index < -0.39 is 0 Å². The number of hydrogen-bond acceptors (Lipinski definition) is 6. The molecule has 5 aromatic rings. The van der Waals surface area contributed by atoms with Crippen LogP contribution in [0.2, 0.25) is 0 Å². The summed E-state index contributed by atoms with van der Waals surface area (Å²) in [4.78, 5) is 38.2. The number of aryl methyl sites for hydroxylation is 3. The molecule has 1 aliphatic carbocycles. The summed E-state index contributed by atoms with van der Waals surface area (Å²) in [5.41, 5.74) is 4.13. The van der Waals surface area contributed by atoms with Gasteiger partial charge in [-0.25, -0.2) is 9.97 Å². The van der Waals surface area contributed by atoms with Gasteiger partial charge in [-0.2, -0.15) is 0 Å². The fraction of sp³-hybridized carbons (Fsp3) is 0.231. The zero-order valence-electron chi connectivity index (χ0n) is 18.7. The number of pyridine rings is 1. The standard InChI is InChI=1S/C26H22N4O2S2/c1-16-11-12-21-27-17(13-22(31)29(21)14-16)15-33-26-28-24-23(19-9-5-6-10-20(19)34-24)25(32)30(26)18-7-3-2-4-8-18/h2-4,7-8,11-14H,5-6,9-10,15H2,1H3. The molecule has 34 heavy (non-hydrogen) atoms. The maximum absolute atomic E-state index is 13.8. The van der Waals surface area contributed by atoms with E-state index >= 15 is 0 Å². The van der Waals surface area contributed by atoms with Gasteiger partial charge in [0.25, 0.3) is 11.1 Å². The minimum absolute atomic E-state index is 0.0138. The van der Waals surface area contributed by atoms with Crippen molar-refractivity contribution in [3.05, 3.63) is 97.1 Å². The maximum atomic E-state index is 13.8. The lowest BCUT2D eigenvalue weighted by molar-refractivity contribution is 0.699. The Morgan fingerprint density at radius 1 is 1.03 bits per heavy atom. The molecule has 0 unspecified atom stereocenters. The van der Waals surface area contributed by atoms with Crippen LogP contribution in [0.4, 0.5) is 0 Å². The summed E-state index contributed by atoms with van der Waals surface area (Å²) in [7, 11) is 0. The van der Waals surface area contributed by atoms with Crippen molar-refractivity contribution in [3.63, 3.8) is 0 Å². The van der Waals surface area contributed by atoms with Gasteiger partial charge in [-0.1, -0.05) is 36.0 Å². The van der Waals surface area contributed by atoms with Gasteiger partial charge < -0.3 is 0 Å². The van der Waals surface area contributed by atoms with E-state index in [2.05, 4.69) is 4.98 Å². The average molecular weight is 487 g/mol. The maximum Gasteiger partial charge on any atom is 0.267 e. The van der Waals surface area contributed by atoms with E-state index in [9.17, 15) is 9.59 Å². The van der Waals surface area contributed by atoms with Crippen molar-refractivity contribution in [2.75, 3.05) is 0 Å². The van der Waals surface area contributed by atoms with E-state index in [0.29, 0.717) is 22.3 Å². The third-order valence-electron chi connectivity index (χ3n) is 6.18. The zero-order valence-corrected chi connectivity index (χ0v) is 20.3. The van der Waals surface area contributed by atoms with Gasteiger partial charge in [0.1, 0.15) is 10.5 Å². The quantitative estimate of drug-likeness (QED) is 0.266. The van der Waals surface area contributed by atoms with Crippen LogP contribution in [0, 0.1) is 6.92 Å². The molecule has 0 saturated heterocycles.